The molecular weight excluding hydrogens is 373 g/mol. The van der Waals surface area contributed by atoms with E-state index in [2.05, 4.69) is 15.3 Å². The first-order valence-corrected chi connectivity index (χ1v) is 9.07. The Morgan fingerprint density at radius 1 is 1.25 bits per heavy atom. The summed E-state index contributed by atoms with van der Waals surface area (Å²) in [6.07, 6.45) is -2.12. The Balaban J connectivity index is 1.67. The number of rotatable bonds is 6. The third-order valence-electron chi connectivity index (χ3n) is 4.64. The van der Waals surface area contributed by atoms with Crippen molar-refractivity contribution in [3.63, 3.8) is 0 Å². The SMILES string of the molecule is Cc1ccc([C@@H](CNC(=O)c2cnn(CC(F)(F)F)c2)N2CCOCC2)cc1. The van der Waals surface area contributed by atoms with Crippen LogP contribution in [0.1, 0.15) is 27.5 Å². The summed E-state index contributed by atoms with van der Waals surface area (Å²) in [6, 6.07) is 8.06. The second kappa shape index (κ2) is 8.74. The predicted molar refractivity (Wildman–Crippen MR) is 96.9 cm³/mol. The number of halogens is 3. The van der Waals surface area contributed by atoms with Crippen molar-refractivity contribution in [2.24, 2.45) is 0 Å². The number of aryl methyl sites for hydroxylation is 1. The summed E-state index contributed by atoms with van der Waals surface area (Å²) >= 11 is 0. The van der Waals surface area contributed by atoms with Gasteiger partial charge in [-0.1, -0.05) is 29.8 Å². The summed E-state index contributed by atoms with van der Waals surface area (Å²) in [5, 5.41) is 6.45. The third kappa shape index (κ3) is 5.56. The van der Waals surface area contributed by atoms with Gasteiger partial charge in [0.05, 0.1) is 31.0 Å². The quantitative estimate of drug-likeness (QED) is 0.815. The highest BCUT2D eigenvalue weighted by Crippen LogP contribution is 2.22. The van der Waals surface area contributed by atoms with E-state index in [1.807, 2.05) is 31.2 Å². The van der Waals surface area contributed by atoms with Crippen LogP contribution in [0.2, 0.25) is 0 Å². The van der Waals surface area contributed by atoms with E-state index in [9.17, 15) is 18.0 Å². The maximum absolute atomic E-state index is 12.5. The number of amides is 1. The van der Waals surface area contributed by atoms with Crippen LogP contribution in [0.5, 0.6) is 0 Å². The molecule has 2 aromatic rings. The molecule has 3 rings (SSSR count). The van der Waals surface area contributed by atoms with E-state index in [0.717, 1.165) is 36.6 Å². The van der Waals surface area contributed by atoms with Gasteiger partial charge in [-0.15, -0.1) is 0 Å². The molecule has 0 radical (unpaired) electrons. The van der Waals surface area contributed by atoms with Gasteiger partial charge >= 0.3 is 6.18 Å². The van der Waals surface area contributed by atoms with Gasteiger partial charge in [-0.25, -0.2) is 0 Å². The van der Waals surface area contributed by atoms with Crippen molar-refractivity contribution in [2.75, 3.05) is 32.8 Å². The zero-order chi connectivity index (χ0) is 20.1. The van der Waals surface area contributed by atoms with E-state index >= 15 is 0 Å². The number of nitrogens with zero attached hydrogens (tertiary/aromatic N) is 3. The lowest BCUT2D eigenvalue weighted by Crippen LogP contribution is -2.43. The van der Waals surface area contributed by atoms with Crippen molar-refractivity contribution in [3.05, 3.63) is 53.3 Å². The standard InChI is InChI=1S/C19H23F3N4O2/c1-14-2-4-15(5-3-14)17(25-6-8-28-9-7-25)11-23-18(27)16-10-24-26(12-16)13-19(20,21)22/h2-5,10,12,17H,6-9,11,13H2,1H3,(H,23,27)/t17-/m1/s1. The normalized spacial score (nSPS) is 16.7. The third-order valence-corrected chi connectivity index (χ3v) is 4.64. The number of alkyl halides is 3. The second-order valence-electron chi connectivity index (χ2n) is 6.83. The molecule has 1 N–H and O–H groups in total. The number of morpholine rings is 1. The van der Waals surface area contributed by atoms with Crippen molar-refractivity contribution in [2.45, 2.75) is 25.7 Å². The lowest BCUT2D eigenvalue weighted by atomic mass is 10.0. The molecule has 1 aliphatic heterocycles. The Morgan fingerprint density at radius 3 is 2.57 bits per heavy atom. The number of aromatic nitrogens is 2. The molecule has 0 aliphatic carbocycles. The minimum Gasteiger partial charge on any atom is -0.379 e. The van der Waals surface area contributed by atoms with Crippen LogP contribution in [0.4, 0.5) is 13.2 Å². The molecule has 1 saturated heterocycles. The van der Waals surface area contributed by atoms with Crippen LogP contribution in [0.15, 0.2) is 36.7 Å². The van der Waals surface area contributed by atoms with Crippen LogP contribution in [-0.2, 0) is 11.3 Å². The molecule has 1 fully saturated rings. The van der Waals surface area contributed by atoms with Gasteiger partial charge in [0.1, 0.15) is 6.54 Å². The predicted octanol–water partition coefficient (Wildman–Crippen LogP) is 2.56. The van der Waals surface area contributed by atoms with Crippen LogP contribution >= 0.6 is 0 Å². The lowest BCUT2D eigenvalue weighted by Gasteiger charge is -2.35. The van der Waals surface area contributed by atoms with Crippen LogP contribution in [0.3, 0.4) is 0 Å². The Kier molecular flexibility index (Phi) is 6.35. The zero-order valence-electron chi connectivity index (χ0n) is 15.6. The summed E-state index contributed by atoms with van der Waals surface area (Å²) in [5.74, 6) is -0.446. The first-order chi connectivity index (χ1) is 13.3. The molecule has 1 amide bonds. The van der Waals surface area contributed by atoms with E-state index in [1.54, 1.807) is 0 Å². The fourth-order valence-electron chi connectivity index (χ4n) is 3.18. The van der Waals surface area contributed by atoms with Crippen molar-refractivity contribution >= 4 is 5.91 Å². The molecular formula is C19H23F3N4O2. The van der Waals surface area contributed by atoms with E-state index < -0.39 is 18.6 Å². The second-order valence-corrected chi connectivity index (χ2v) is 6.83. The fourth-order valence-corrected chi connectivity index (χ4v) is 3.18. The molecule has 1 aliphatic rings. The highest BCUT2D eigenvalue weighted by molar-refractivity contribution is 5.93. The Bertz CT molecular complexity index is 783. The molecule has 28 heavy (non-hydrogen) atoms. The van der Waals surface area contributed by atoms with E-state index in [4.69, 9.17) is 4.74 Å². The van der Waals surface area contributed by atoms with Gasteiger partial charge in [0.25, 0.3) is 5.91 Å². The molecule has 152 valence electrons. The average Bonchev–Trinajstić information content (AvgIpc) is 3.11. The molecule has 6 nitrogen and oxygen atoms in total. The number of hydrogen-bond acceptors (Lipinski definition) is 4. The summed E-state index contributed by atoms with van der Waals surface area (Å²) < 4.78 is 43.5. The van der Waals surface area contributed by atoms with Crippen molar-refractivity contribution < 1.29 is 22.7 Å². The topological polar surface area (TPSA) is 59.4 Å². The minimum absolute atomic E-state index is 0.0429. The minimum atomic E-state index is -4.38. The summed E-state index contributed by atoms with van der Waals surface area (Å²) in [5.41, 5.74) is 2.32. The van der Waals surface area contributed by atoms with Gasteiger partial charge in [-0.05, 0) is 12.5 Å². The first kappa shape index (κ1) is 20.3. The Labute approximate surface area is 161 Å². The van der Waals surface area contributed by atoms with Crippen LogP contribution < -0.4 is 5.32 Å². The molecule has 0 unspecified atom stereocenters. The van der Waals surface area contributed by atoms with Crippen LogP contribution in [-0.4, -0.2) is 59.6 Å². The lowest BCUT2D eigenvalue weighted by molar-refractivity contribution is -0.142. The smallest absolute Gasteiger partial charge is 0.379 e. The van der Waals surface area contributed by atoms with Crippen LogP contribution in [0.25, 0.3) is 0 Å². The van der Waals surface area contributed by atoms with Gasteiger partial charge in [-0.3, -0.25) is 14.4 Å². The number of nitrogens with one attached hydrogen (secondary N) is 1. The molecule has 1 aromatic heterocycles. The van der Waals surface area contributed by atoms with E-state index in [1.165, 1.54) is 0 Å². The highest BCUT2D eigenvalue weighted by atomic mass is 19.4. The highest BCUT2D eigenvalue weighted by Gasteiger charge is 2.29. The average molecular weight is 396 g/mol. The number of hydrogen-bond donors (Lipinski definition) is 1. The maximum atomic E-state index is 12.5. The molecule has 2 heterocycles. The van der Waals surface area contributed by atoms with Gasteiger partial charge in [0.15, 0.2) is 0 Å². The van der Waals surface area contributed by atoms with Crippen molar-refractivity contribution in [3.8, 4) is 0 Å². The monoisotopic (exact) mass is 396 g/mol. The summed E-state index contributed by atoms with van der Waals surface area (Å²) in [6.45, 7) is 3.87. The first-order valence-electron chi connectivity index (χ1n) is 9.07. The maximum Gasteiger partial charge on any atom is 0.408 e. The Morgan fingerprint density at radius 2 is 1.93 bits per heavy atom. The number of carbonyl (C=O) groups is 1. The van der Waals surface area contributed by atoms with Gasteiger partial charge < -0.3 is 10.1 Å². The molecule has 1 atom stereocenters. The van der Waals surface area contributed by atoms with Gasteiger partial charge in [-0.2, -0.15) is 18.3 Å². The van der Waals surface area contributed by atoms with Crippen molar-refractivity contribution in [1.29, 1.82) is 0 Å². The van der Waals surface area contributed by atoms with Gasteiger partial charge in [0, 0.05) is 25.8 Å². The largest absolute Gasteiger partial charge is 0.408 e. The summed E-state index contributed by atoms with van der Waals surface area (Å²) in [7, 11) is 0. The molecule has 0 saturated carbocycles. The number of carbonyl (C=O) groups excluding carboxylic acids is 1. The fraction of sp³-hybridized carbons (Fsp3) is 0.474. The van der Waals surface area contributed by atoms with Gasteiger partial charge in [0.2, 0.25) is 0 Å². The van der Waals surface area contributed by atoms with Crippen molar-refractivity contribution in [1.82, 2.24) is 20.0 Å². The molecule has 0 spiro atoms. The van der Waals surface area contributed by atoms with Crippen LogP contribution in [0, 0.1) is 6.92 Å². The molecule has 0 bridgehead atoms. The molecule has 1 aromatic carbocycles. The van der Waals surface area contributed by atoms with E-state index in [-0.39, 0.29) is 11.6 Å². The number of ether oxygens (including phenoxy) is 1. The summed E-state index contributed by atoms with van der Waals surface area (Å²) in [4.78, 5) is 14.6. The van der Waals surface area contributed by atoms with E-state index in [0.29, 0.717) is 24.4 Å². The number of benzene rings is 1. The Hall–Kier alpha value is -2.39. The zero-order valence-corrected chi connectivity index (χ0v) is 15.6. The molecule has 9 heteroatoms.